The van der Waals surface area contributed by atoms with Crippen LogP contribution in [0.4, 0.5) is 0 Å². The zero-order valence-corrected chi connectivity index (χ0v) is 11.2. The summed E-state index contributed by atoms with van der Waals surface area (Å²) in [6.07, 6.45) is 1.63. The molecule has 0 aliphatic rings. The Bertz CT molecular complexity index is 537. The molecular formula is C14H16ClN3. The van der Waals surface area contributed by atoms with E-state index in [1.54, 1.807) is 6.20 Å². The van der Waals surface area contributed by atoms with Gasteiger partial charge >= 0.3 is 0 Å². The highest BCUT2D eigenvalue weighted by Gasteiger charge is 2.15. The smallest absolute Gasteiger partial charge is 0.0883 e. The Morgan fingerprint density at radius 2 is 2.00 bits per heavy atom. The van der Waals surface area contributed by atoms with Crippen molar-refractivity contribution < 1.29 is 0 Å². The van der Waals surface area contributed by atoms with Crippen LogP contribution >= 0.6 is 11.6 Å². The minimum absolute atomic E-state index is 0.122. The predicted octanol–water partition coefficient (Wildman–Crippen LogP) is 2.90. The molecule has 94 valence electrons. The lowest BCUT2D eigenvalue weighted by molar-refractivity contribution is 0.617. The first-order valence-electron chi connectivity index (χ1n) is 5.76. The summed E-state index contributed by atoms with van der Waals surface area (Å²) in [5, 5.41) is 0.621. The van der Waals surface area contributed by atoms with E-state index < -0.39 is 0 Å². The number of benzene rings is 1. The van der Waals surface area contributed by atoms with E-state index in [0.717, 1.165) is 11.3 Å². The standard InChI is InChI=1S/C14H16ClN3/c1-9-3-5-12(10(2)7-9)14(18-16)13-6-4-11(15)8-17-13/h3-8,14,18H,16H2,1-2H3. The summed E-state index contributed by atoms with van der Waals surface area (Å²) < 4.78 is 0. The van der Waals surface area contributed by atoms with Crippen LogP contribution in [-0.2, 0) is 0 Å². The number of rotatable bonds is 3. The van der Waals surface area contributed by atoms with Gasteiger partial charge in [-0.25, -0.2) is 5.43 Å². The molecular weight excluding hydrogens is 246 g/mol. The Balaban J connectivity index is 2.41. The molecule has 1 aromatic carbocycles. The number of nitrogens with one attached hydrogen (secondary N) is 1. The van der Waals surface area contributed by atoms with Gasteiger partial charge in [-0.3, -0.25) is 10.8 Å². The fraction of sp³-hybridized carbons (Fsp3) is 0.214. The van der Waals surface area contributed by atoms with E-state index in [1.807, 2.05) is 12.1 Å². The molecule has 0 aliphatic carbocycles. The van der Waals surface area contributed by atoms with Gasteiger partial charge in [0.25, 0.3) is 0 Å². The first kappa shape index (κ1) is 13.0. The third-order valence-electron chi connectivity index (χ3n) is 2.95. The molecule has 0 spiro atoms. The number of hydrogen-bond acceptors (Lipinski definition) is 3. The van der Waals surface area contributed by atoms with Gasteiger partial charge in [0.15, 0.2) is 0 Å². The maximum Gasteiger partial charge on any atom is 0.0883 e. The zero-order chi connectivity index (χ0) is 13.1. The van der Waals surface area contributed by atoms with Crippen molar-refractivity contribution >= 4 is 11.6 Å². The van der Waals surface area contributed by atoms with Gasteiger partial charge in [0.05, 0.1) is 16.8 Å². The lowest BCUT2D eigenvalue weighted by Crippen LogP contribution is -2.30. The molecule has 1 unspecified atom stereocenters. The summed E-state index contributed by atoms with van der Waals surface area (Å²) in [6.45, 7) is 4.14. The van der Waals surface area contributed by atoms with Crippen molar-refractivity contribution in [2.24, 2.45) is 5.84 Å². The number of pyridine rings is 1. The summed E-state index contributed by atoms with van der Waals surface area (Å²) in [5.41, 5.74) is 7.21. The fourth-order valence-corrected chi connectivity index (χ4v) is 2.15. The second-order valence-electron chi connectivity index (χ2n) is 4.36. The maximum atomic E-state index is 5.84. The Kier molecular flexibility index (Phi) is 3.97. The number of aryl methyl sites for hydroxylation is 2. The van der Waals surface area contributed by atoms with E-state index in [1.165, 1.54) is 11.1 Å². The Morgan fingerprint density at radius 1 is 1.22 bits per heavy atom. The average molecular weight is 262 g/mol. The first-order valence-corrected chi connectivity index (χ1v) is 6.14. The molecule has 0 bridgehead atoms. The molecule has 0 aliphatic heterocycles. The Hall–Kier alpha value is -1.42. The van der Waals surface area contributed by atoms with Gasteiger partial charge in [-0.2, -0.15) is 0 Å². The van der Waals surface area contributed by atoms with Crippen LogP contribution in [0.1, 0.15) is 28.4 Å². The number of nitrogens with zero attached hydrogens (tertiary/aromatic N) is 1. The molecule has 1 heterocycles. The van der Waals surface area contributed by atoms with Gasteiger partial charge in [-0.15, -0.1) is 0 Å². The van der Waals surface area contributed by atoms with Crippen LogP contribution in [0.2, 0.25) is 5.02 Å². The van der Waals surface area contributed by atoms with Crippen LogP contribution in [-0.4, -0.2) is 4.98 Å². The van der Waals surface area contributed by atoms with E-state index in [2.05, 4.69) is 42.5 Å². The van der Waals surface area contributed by atoms with E-state index in [4.69, 9.17) is 17.4 Å². The largest absolute Gasteiger partial charge is 0.271 e. The van der Waals surface area contributed by atoms with Crippen molar-refractivity contribution in [2.45, 2.75) is 19.9 Å². The molecule has 0 saturated carbocycles. The summed E-state index contributed by atoms with van der Waals surface area (Å²) in [7, 11) is 0. The van der Waals surface area contributed by atoms with Crippen molar-refractivity contribution in [3.8, 4) is 0 Å². The van der Waals surface area contributed by atoms with Crippen molar-refractivity contribution in [1.82, 2.24) is 10.4 Å². The summed E-state index contributed by atoms with van der Waals surface area (Å²) in [6, 6.07) is 9.86. The average Bonchev–Trinajstić information content (AvgIpc) is 2.35. The minimum atomic E-state index is -0.122. The van der Waals surface area contributed by atoms with Gasteiger partial charge in [0.2, 0.25) is 0 Å². The molecule has 4 heteroatoms. The quantitative estimate of drug-likeness (QED) is 0.660. The second kappa shape index (κ2) is 5.48. The van der Waals surface area contributed by atoms with Gasteiger partial charge in [-0.1, -0.05) is 35.4 Å². The van der Waals surface area contributed by atoms with Crippen LogP contribution in [0.5, 0.6) is 0 Å². The Labute approximate surface area is 112 Å². The van der Waals surface area contributed by atoms with Crippen LogP contribution in [0.25, 0.3) is 0 Å². The van der Waals surface area contributed by atoms with Gasteiger partial charge in [-0.05, 0) is 37.1 Å². The number of hydrogen-bond donors (Lipinski definition) is 2. The molecule has 2 aromatic rings. The molecule has 1 aromatic heterocycles. The van der Waals surface area contributed by atoms with E-state index in [0.29, 0.717) is 5.02 Å². The summed E-state index contributed by atoms with van der Waals surface area (Å²) >= 11 is 5.84. The minimum Gasteiger partial charge on any atom is -0.271 e. The Morgan fingerprint density at radius 3 is 2.56 bits per heavy atom. The van der Waals surface area contributed by atoms with E-state index in [9.17, 15) is 0 Å². The maximum absolute atomic E-state index is 5.84. The van der Waals surface area contributed by atoms with Crippen molar-refractivity contribution in [2.75, 3.05) is 0 Å². The normalized spacial score (nSPS) is 12.4. The zero-order valence-electron chi connectivity index (χ0n) is 10.4. The molecule has 1 atom stereocenters. The lowest BCUT2D eigenvalue weighted by Gasteiger charge is -2.18. The molecule has 0 radical (unpaired) electrons. The molecule has 2 rings (SSSR count). The number of halogens is 1. The van der Waals surface area contributed by atoms with Gasteiger partial charge in [0.1, 0.15) is 0 Å². The second-order valence-corrected chi connectivity index (χ2v) is 4.80. The van der Waals surface area contributed by atoms with E-state index in [-0.39, 0.29) is 6.04 Å². The highest BCUT2D eigenvalue weighted by molar-refractivity contribution is 6.30. The topological polar surface area (TPSA) is 50.9 Å². The SMILES string of the molecule is Cc1ccc(C(NN)c2ccc(Cl)cn2)c(C)c1. The predicted molar refractivity (Wildman–Crippen MR) is 74.3 cm³/mol. The molecule has 3 nitrogen and oxygen atoms in total. The highest BCUT2D eigenvalue weighted by atomic mass is 35.5. The fourth-order valence-electron chi connectivity index (χ4n) is 2.04. The van der Waals surface area contributed by atoms with Crippen LogP contribution in [0, 0.1) is 13.8 Å². The van der Waals surface area contributed by atoms with Gasteiger partial charge in [0, 0.05) is 6.20 Å². The van der Waals surface area contributed by atoms with Crippen LogP contribution in [0.15, 0.2) is 36.5 Å². The summed E-state index contributed by atoms with van der Waals surface area (Å²) in [4.78, 5) is 4.31. The van der Waals surface area contributed by atoms with E-state index >= 15 is 0 Å². The third-order valence-corrected chi connectivity index (χ3v) is 3.17. The molecule has 18 heavy (non-hydrogen) atoms. The van der Waals surface area contributed by atoms with Crippen LogP contribution in [0.3, 0.4) is 0 Å². The van der Waals surface area contributed by atoms with Crippen molar-refractivity contribution in [1.29, 1.82) is 0 Å². The van der Waals surface area contributed by atoms with Crippen molar-refractivity contribution in [3.63, 3.8) is 0 Å². The highest BCUT2D eigenvalue weighted by Crippen LogP contribution is 2.24. The van der Waals surface area contributed by atoms with Gasteiger partial charge < -0.3 is 0 Å². The molecule has 0 fully saturated rings. The monoisotopic (exact) mass is 261 g/mol. The number of aromatic nitrogens is 1. The summed E-state index contributed by atoms with van der Waals surface area (Å²) in [5.74, 6) is 5.66. The van der Waals surface area contributed by atoms with Crippen LogP contribution < -0.4 is 11.3 Å². The number of nitrogens with two attached hydrogens (primary N) is 1. The lowest BCUT2D eigenvalue weighted by atomic mass is 9.97. The van der Waals surface area contributed by atoms with Crippen molar-refractivity contribution in [3.05, 3.63) is 63.9 Å². The molecule has 3 N–H and O–H groups in total. The number of hydrazine groups is 1. The third kappa shape index (κ3) is 2.70. The first-order chi connectivity index (χ1) is 8.61. The molecule has 0 amide bonds. The molecule has 0 saturated heterocycles.